The van der Waals surface area contributed by atoms with Crippen LogP contribution in [0, 0.1) is 6.92 Å². The van der Waals surface area contributed by atoms with Crippen molar-refractivity contribution < 1.29 is 0 Å². The summed E-state index contributed by atoms with van der Waals surface area (Å²) in [6, 6.07) is 15.0. The fraction of sp³-hybridized carbons (Fsp3) is 0.190. The van der Waals surface area contributed by atoms with Crippen LogP contribution >= 0.6 is 11.6 Å². The van der Waals surface area contributed by atoms with E-state index in [1.165, 1.54) is 9.13 Å². The zero-order valence-corrected chi connectivity index (χ0v) is 16.3. The largest absolute Gasteiger partial charge is 0.337 e. The van der Waals surface area contributed by atoms with Crippen molar-refractivity contribution in [1.29, 1.82) is 0 Å². The molecule has 0 saturated heterocycles. The quantitative estimate of drug-likeness (QED) is 0.533. The topological polar surface area (TPSA) is 61.8 Å². The van der Waals surface area contributed by atoms with E-state index in [4.69, 9.17) is 11.6 Å². The van der Waals surface area contributed by atoms with E-state index in [1.54, 1.807) is 42.1 Å². The number of hydrogen-bond donors (Lipinski definition) is 0. The molecule has 7 heteroatoms. The van der Waals surface area contributed by atoms with Crippen LogP contribution in [-0.4, -0.2) is 18.7 Å². The summed E-state index contributed by atoms with van der Waals surface area (Å²) >= 11 is 6.12. The van der Waals surface area contributed by atoms with Crippen molar-refractivity contribution in [3.8, 4) is 5.69 Å². The van der Waals surface area contributed by atoms with Crippen molar-refractivity contribution in [2.45, 2.75) is 26.9 Å². The molecular weight excluding hydrogens is 376 g/mol. The van der Waals surface area contributed by atoms with E-state index in [0.717, 1.165) is 11.1 Å². The summed E-state index contributed by atoms with van der Waals surface area (Å²) < 4.78 is 4.45. The third-order valence-corrected chi connectivity index (χ3v) is 4.95. The molecule has 0 aliphatic heterocycles. The molecule has 2 heterocycles. The average Bonchev–Trinajstić information content (AvgIpc) is 3.06. The molecule has 0 atom stereocenters. The van der Waals surface area contributed by atoms with Crippen LogP contribution in [0.25, 0.3) is 16.9 Å². The van der Waals surface area contributed by atoms with Gasteiger partial charge in [-0.05, 0) is 37.6 Å². The molecule has 0 unspecified atom stereocenters. The van der Waals surface area contributed by atoms with E-state index in [-0.39, 0.29) is 12.1 Å². The Labute approximate surface area is 166 Å². The predicted octanol–water partition coefficient (Wildman–Crippen LogP) is 3.38. The van der Waals surface area contributed by atoms with Gasteiger partial charge in [0.25, 0.3) is 5.56 Å². The molecule has 2 aromatic carbocycles. The van der Waals surface area contributed by atoms with E-state index < -0.39 is 5.69 Å². The number of rotatable bonds is 4. The van der Waals surface area contributed by atoms with Gasteiger partial charge in [-0.15, -0.1) is 0 Å². The first-order valence-corrected chi connectivity index (χ1v) is 9.39. The van der Waals surface area contributed by atoms with Crippen LogP contribution in [0.1, 0.15) is 18.1 Å². The number of aryl methyl sites for hydroxylation is 1. The molecule has 0 amide bonds. The zero-order valence-electron chi connectivity index (χ0n) is 15.6. The molecule has 0 radical (unpaired) electrons. The number of fused-ring (bicyclic) bond motifs is 1. The average molecular weight is 395 g/mol. The van der Waals surface area contributed by atoms with E-state index in [0.29, 0.717) is 28.4 Å². The molecule has 0 saturated carbocycles. The number of aromatic nitrogens is 4. The van der Waals surface area contributed by atoms with Gasteiger partial charge in [-0.25, -0.2) is 14.3 Å². The normalized spacial score (nSPS) is 11.2. The summed E-state index contributed by atoms with van der Waals surface area (Å²) in [6.45, 7) is 4.56. The second-order valence-corrected chi connectivity index (χ2v) is 7.12. The highest BCUT2D eigenvalue weighted by Gasteiger charge is 2.18. The SMILES string of the molecule is CCn1c(=O)c2c(ncn2Cc2cccc(C)c2)n(-c2cccc(Cl)c2)c1=O. The molecule has 0 fully saturated rings. The van der Waals surface area contributed by atoms with Crippen molar-refractivity contribution in [1.82, 2.24) is 18.7 Å². The van der Waals surface area contributed by atoms with Crippen molar-refractivity contribution in [3.05, 3.63) is 91.8 Å². The van der Waals surface area contributed by atoms with Gasteiger partial charge in [-0.2, -0.15) is 0 Å². The van der Waals surface area contributed by atoms with Crippen molar-refractivity contribution in [2.75, 3.05) is 0 Å². The van der Waals surface area contributed by atoms with E-state index in [1.807, 2.05) is 25.1 Å². The summed E-state index contributed by atoms with van der Waals surface area (Å²) in [5, 5.41) is 0.506. The molecule has 0 aliphatic carbocycles. The number of benzene rings is 2. The first-order valence-electron chi connectivity index (χ1n) is 9.01. The monoisotopic (exact) mass is 394 g/mol. The lowest BCUT2D eigenvalue weighted by Crippen LogP contribution is -2.39. The standard InChI is InChI=1S/C21H19ClN4O2/c1-3-25-20(27)18-19(26(21(25)28)17-9-5-8-16(22)11-17)23-13-24(18)12-15-7-4-6-14(2)10-15/h4-11,13H,3,12H2,1-2H3. The lowest BCUT2D eigenvalue weighted by molar-refractivity contribution is 0.655. The molecule has 4 aromatic rings. The van der Waals surface area contributed by atoms with Crippen LogP contribution in [0.4, 0.5) is 0 Å². The van der Waals surface area contributed by atoms with Crippen LogP contribution in [0.3, 0.4) is 0 Å². The maximum Gasteiger partial charge on any atom is 0.337 e. The van der Waals surface area contributed by atoms with Crippen LogP contribution in [0.5, 0.6) is 0 Å². The molecule has 0 spiro atoms. The van der Waals surface area contributed by atoms with Gasteiger partial charge >= 0.3 is 5.69 Å². The van der Waals surface area contributed by atoms with Crippen LogP contribution in [0.2, 0.25) is 5.02 Å². The van der Waals surface area contributed by atoms with Gasteiger partial charge in [-0.1, -0.05) is 47.5 Å². The molecule has 4 rings (SSSR count). The maximum atomic E-state index is 13.0. The van der Waals surface area contributed by atoms with Gasteiger partial charge < -0.3 is 4.57 Å². The van der Waals surface area contributed by atoms with Crippen LogP contribution < -0.4 is 11.2 Å². The fourth-order valence-corrected chi connectivity index (χ4v) is 3.62. The summed E-state index contributed by atoms with van der Waals surface area (Å²) in [6.07, 6.45) is 1.61. The Morgan fingerprint density at radius 2 is 1.86 bits per heavy atom. The second kappa shape index (κ2) is 7.13. The minimum atomic E-state index is -0.428. The minimum absolute atomic E-state index is 0.268. The lowest BCUT2D eigenvalue weighted by Gasteiger charge is -2.12. The van der Waals surface area contributed by atoms with Gasteiger partial charge in [-0.3, -0.25) is 9.36 Å². The highest BCUT2D eigenvalue weighted by molar-refractivity contribution is 6.30. The maximum absolute atomic E-state index is 13.0. The first kappa shape index (κ1) is 18.3. The third kappa shape index (κ3) is 3.05. The smallest absolute Gasteiger partial charge is 0.320 e. The number of nitrogens with zero attached hydrogens (tertiary/aromatic N) is 4. The Morgan fingerprint density at radius 1 is 1.07 bits per heavy atom. The van der Waals surface area contributed by atoms with Gasteiger partial charge in [0.15, 0.2) is 11.2 Å². The second-order valence-electron chi connectivity index (χ2n) is 6.68. The number of hydrogen-bond acceptors (Lipinski definition) is 3. The third-order valence-electron chi connectivity index (χ3n) is 4.72. The fourth-order valence-electron chi connectivity index (χ4n) is 3.43. The van der Waals surface area contributed by atoms with E-state index in [2.05, 4.69) is 11.1 Å². The summed E-state index contributed by atoms with van der Waals surface area (Å²) in [5.74, 6) is 0. The minimum Gasteiger partial charge on any atom is -0.320 e. The Morgan fingerprint density at radius 3 is 2.57 bits per heavy atom. The van der Waals surface area contributed by atoms with Gasteiger partial charge in [0.1, 0.15) is 0 Å². The van der Waals surface area contributed by atoms with Crippen LogP contribution in [-0.2, 0) is 13.1 Å². The molecular formula is C21H19ClN4O2. The van der Waals surface area contributed by atoms with Crippen LogP contribution in [0.15, 0.2) is 64.4 Å². The lowest BCUT2D eigenvalue weighted by atomic mass is 10.1. The van der Waals surface area contributed by atoms with Crippen molar-refractivity contribution in [3.63, 3.8) is 0 Å². The van der Waals surface area contributed by atoms with Gasteiger partial charge in [0, 0.05) is 18.1 Å². The predicted molar refractivity (Wildman–Crippen MR) is 111 cm³/mol. The molecule has 28 heavy (non-hydrogen) atoms. The van der Waals surface area contributed by atoms with Crippen molar-refractivity contribution >= 4 is 22.8 Å². The molecule has 0 bridgehead atoms. The summed E-state index contributed by atoms with van der Waals surface area (Å²) in [4.78, 5) is 30.4. The summed E-state index contributed by atoms with van der Waals surface area (Å²) in [7, 11) is 0. The summed E-state index contributed by atoms with van der Waals surface area (Å²) in [5.41, 5.74) is 2.73. The van der Waals surface area contributed by atoms with E-state index in [9.17, 15) is 9.59 Å². The Hall–Kier alpha value is -3.12. The first-order chi connectivity index (χ1) is 13.5. The molecule has 6 nitrogen and oxygen atoms in total. The number of halogens is 1. The Bertz CT molecular complexity index is 1300. The highest BCUT2D eigenvalue weighted by Crippen LogP contribution is 2.18. The van der Waals surface area contributed by atoms with Crippen molar-refractivity contribution in [2.24, 2.45) is 0 Å². The van der Waals surface area contributed by atoms with Gasteiger partial charge in [0.05, 0.1) is 12.0 Å². The Kier molecular flexibility index (Phi) is 4.65. The molecule has 2 aromatic heterocycles. The molecule has 142 valence electrons. The highest BCUT2D eigenvalue weighted by atomic mass is 35.5. The van der Waals surface area contributed by atoms with E-state index >= 15 is 0 Å². The number of imidazole rings is 1. The zero-order chi connectivity index (χ0) is 19.8. The van der Waals surface area contributed by atoms with Gasteiger partial charge in [0.2, 0.25) is 0 Å². The Balaban J connectivity index is 2.00. The molecule has 0 N–H and O–H groups in total. The molecule has 0 aliphatic rings.